The van der Waals surface area contributed by atoms with Crippen molar-refractivity contribution in [1.82, 2.24) is 0 Å². The minimum Gasteiger partial charge on any atom is -0.482 e. The molecule has 0 aliphatic carbocycles. The molecule has 0 bridgehead atoms. The van der Waals surface area contributed by atoms with Crippen LogP contribution >= 0.6 is 0 Å². The first-order valence-corrected chi connectivity index (χ1v) is 13.0. The topological polar surface area (TPSA) is 47.6 Å². The minimum atomic E-state index is -0.552. The summed E-state index contributed by atoms with van der Waals surface area (Å²) in [6.07, 6.45) is 1.68. The van der Waals surface area contributed by atoms with Crippen LogP contribution in [-0.4, -0.2) is 18.2 Å². The molecule has 0 amide bonds. The highest BCUT2D eigenvalue weighted by atomic mass is 16.6. The number of carbonyl (C=O) groups excluding carboxylic acids is 1. The van der Waals surface area contributed by atoms with Crippen LogP contribution in [0.25, 0.3) is 10.8 Å². The van der Waals surface area contributed by atoms with Crippen molar-refractivity contribution in [2.45, 2.75) is 53.1 Å². The number of rotatable bonds is 9. The van der Waals surface area contributed by atoms with Gasteiger partial charge in [-0.15, -0.1) is 0 Å². The fraction of sp³-hybridized carbons (Fsp3) is 0.303. The standard InChI is InChI=1S/C33H37NO3/c1-23(2)19-26-12-7-9-16-30(26)34-28-17-18-31(36-22-32(35)37-33(3,4)5)27(21-28)20-25-14-10-13-24-11-6-8-15-29(24)25/h6-18,21,23,34H,19-20,22H2,1-5H3. The van der Waals surface area contributed by atoms with E-state index in [4.69, 9.17) is 9.47 Å². The first-order chi connectivity index (χ1) is 17.7. The number of para-hydroxylation sites is 1. The number of hydrogen-bond donors (Lipinski definition) is 1. The molecule has 0 aromatic heterocycles. The van der Waals surface area contributed by atoms with Crippen LogP contribution in [0.4, 0.5) is 11.4 Å². The summed E-state index contributed by atoms with van der Waals surface area (Å²) in [5.74, 6) is 0.863. The molecule has 0 unspecified atom stereocenters. The van der Waals surface area contributed by atoms with Crippen molar-refractivity contribution in [1.29, 1.82) is 0 Å². The Kier molecular flexibility index (Phi) is 8.17. The summed E-state index contributed by atoms with van der Waals surface area (Å²) in [7, 11) is 0. The van der Waals surface area contributed by atoms with Gasteiger partial charge in [0, 0.05) is 23.4 Å². The Morgan fingerprint density at radius 3 is 2.32 bits per heavy atom. The molecule has 0 aliphatic heterocycles. The van der Waals surface area contributed by atoms with Crippen molar-refractivity contribution < 1.29 is 14.3 Å². The lowest BCUT2D eigenvalue weighted by molar-refractivity contribution is -0.157. The van der Waals surface area contributed by atoms with E-state index in [1.54, 1.807) is 0 Å². The van der Waals surface area contributed by atoms with Crippen molar-refractivity contribution in [3.05, 3.63) is 102 Å². The predicted octanol–water partition coefficient (Wildman–Crippen LogP) is 8.09. The molecule has 0 atom stereocenters. The molecule has 0 heterocycles. The molecular weight excluding hydrogens is 458 g/mol. The van der Waals surface area contributed by atoms with Gasteiger partial charge in [-0.2, -0.15) is 0 Å². The number of nitrogens with one attached hydrogen (secondary N) is 1. The Labute approximate surface area is 220 Å². The molecule has 0 fully saturated rings. The molecule has 4 nitrogen and oxygen atoms in total. The van der Waals surface area contributed by atoms with Gasteiger partial charge < -0.3 is 14.8 Å². The summed E-state index contributed by atoms with van der Waals surface area (Å²) in [6, 6.07) is 29.3. The predicted molar refractivity (Wildman–Crippen MR) is 153 cm³/mol. The third-order valence-electron chi connectivity index (χ3n) is 6.01. The van der Waals surface area contributed by atoms with E-state index in [1.807, 2.05) is 32.9 Å². The van der Waals surface area contributed by atoms with Gasteiger partial charge in [0.25, 0.3) is 0 Å². The first kappa shape index (κ1) is 26.3. The zero-order chi connectivity index (χ0) is 26.4. The number of carbonyl (C=O) groups is 1. The van der Waals surface area contributed by atoms with Crippen LogP contribution in [0.15, 0.2) is 84.9 Å². The third kappa shape index (κ3) is 7.36. The zero-order valence-electron chi connectivity index (χ0n) is 22.5. The fourth-order valence-electron chi connectivity index (χ4n) is 4.51. The second-order valence-electron chi connectivity index (χ2n) is 10.9. The van der Waals surface area contributed by atoms with Gasteiger partial charge in [-0.05, 0) is 79.3 Å². The highest BCUT2D eigenvalue weighted by Crippen LogP contribution is 2.31. The normalized spacial score (nSPS) is 11.5. The van der Waals surface area contributed by atoms with Gasteiger partial charge in [0.2, 0.25) is 0 Å². The van der Waals surface area contributed by atoms with Gasteiger partial charge >= 0.3 is 5.97 Å². The first-order valence-electron chi connectivity index (χ1n) is 13.0. The molecule has 4 aromatic rings. The van der Waals surface area contributed by atoms with Gasteiger partial charge in [0.05, 0.1) is 0 Å². The zero-order valence-corrected chi connectivity index (χ0v) is 22.5. The summed E-state index contributed by atoms with van der Waals surface area (Å²) in [5, 5.41) is 6.03. The number of ether oxygens (including phenoxy) is 2. The lowest BCUT2D eigenvalue weighted by Gasteiger charge is -2.20. The van der Waals surface area contributed by atoms with Gasteiger partial charge in [-0.3, -0.25) is 0 Å². The van der Waals surface area contributed by atoms with Crippen molar-refractivity contribution in [2.24, 2.45) is 5.92 Å². The molecule has 4 aromatic carbocycles. The summed E-state index contributed by atoms with van der Waals surface area (Å²) in [6.45, 7) is 9.90. The molecule has 0 spiro atoms. The van der Waals surface area contributed by atoms with Gasteiger partial charge in [-0.25, -0.2) is 4.79 Å². The number of esters is 1. The van der Waals surface area contributed by atoms with Gasteiger partial charge in [-0.1, -0.05) is 74.5 Å². The lowest BCUT2D eigenvalue weighted by atomic mass is 9.97. The van der Waals surface area contributed by atoms with E-state index in [0.717, 1.165) is 23.4 Å². The Balaban J connectivity index is 1.65. The SMILES string of the molecule is CC(C)Cc1ccccc1Nc1ccc(OCC(=O)OC(C)(C)C)c(Cc2cccc3ccccc23)c1. The molecule has 0 aliphatic rings. The number of anilines is 2. The maximum Gasteiger partial charge on any atom is 0.344 e. The third-order valence-corrected chi connectivity index (χ3v) is 6.01. The average Bonchev–Trinajstić information content (AvgIpc) is 2.84. The molecular formula is C33H37NO3. The Bertz CT molecular complexity index is 1360. The largest absolute Gasteiger partial charge is 0.482 e. The molecule has 0 saturated heterocycles. The molecule has 0 saturated carbocycles. The van der Waals surface area contributed by atoms with Crippen molar-refractivity contribution in [2.75, 3.05) is 11.9 Å². The van der Waals surface area contributed by atoms with Crippen LogP contribution in [0.3, 0.4) is 0 Å². The minimum absolute atomic E-state index is 0.135. The van der Waals surface area contributed by atoms with Crippen molar-refractivity contribution in [3.8, 4) is 5.75 Å². The van der Waals surface area contributed by atoms with E-state index in [1.165, 1.54) is 21.9 Å². The Morgan fingerprint density at radius 1 is 0.838 bits per heavy atom. The average molecular weight is 496 g/mol. The number of benzene rings is 4. The van der Waals surface area contributed by atoms with Crippen molar-refractivity contribution >= 4 is 28.1 Å². The van der Waals surface area contributed by atoms with Gasteiger partial charge in [0.1, 0.15) is 11.4 Å². The highest BCUT2D eigenvalue weighted by molar-refractivity contribution is 5.86. The smallest absolute Gasteiger partial charge is 0.344 e. The maximum atomic E-state index is 12.4. The molecule has 4 heteroatoms. The van der Waals surface area contributed by atoms with Crippen LogP contribution in [0.5, 0.6) is 5.75 Å². The van der Waals surface area contributed by atoms with Crippen LogP contribution in [0.2, 0.25) is 0 Å². The summed E-state index contributed by atoms with van der Waals surface area (Å²) in [5.41, 5.74) is 5.04. The summed E-state index contributed by atoms with van der Waals surface area (Å²) >= 11 is 0. The quantitative estimate of drug-likeness (QED) is 0.238. The van der Waals surface area contributed by atoms with Gasteiger partial charge in [0.15, 0.2) is 6.61 Å². The van der Waals surface area contributed by atoms with E-state index in [2.05, 4.69) is 92.0 Å². The van der Waals surface area contributed by atoms with E-state index >= 15 is 0 Å². The molecule has 0 radical (unpaired) electrons. The van der Waals surface area contributed by atoms with E-state index < -0.39 is 5.60 Å². The maximum absolute atomic E-state index is 12.4. The molecule has 4 rings (SSSR count). The Hall–Kier alpha value is -3.79. The molecule has 37 heavy (non-hydrogen) atoms. The van der Waals surface area contributed by atoms with Crippen LogP contribution in [0, 0.1) is 5.92 Å². The molecule has 192 valence electrons. The van der Waals surface area contributed by atoms with Crippen molar-refractivity contribution in [3.63, 3.8) is 0 Å². The second kappa shape index (κ2) is 11.5. The van der Waals surface area contributed by atoms with Crippen LogP contribution in [0.1, 0.15) is 51.3 Å². The monoisotopic (exact) mass is 495 g/mol. The molecule has 1 N–H and O–H groups in total. The number of hydrogen-bond acceptors (Lipinski definition) is 4. The van der Waals surface area contributed by atoms with E-state index in [0.29, 0.717) is 18.1 Å². The van der Waals surface area contributed by atoms with E-state index in [-0.39, 0.29) is 12.6 Å². The van der Waals surface area contributed by atoms with Crippen LogP contribution in [-0.2, 0) is 22.4 Å². The summed E-state index contributed by atoms with van der Waals surface area (Å²) < 4.78 is 11.5. The number of fused-ring (bicyclic) bond motifs is 1. The summed E-state index contributed by atoms with van der Waals surface area (Å²) in [4.78, 5) is 12.4. The van der Waals surface area contributed by atoms with E-state index in [9.17, 15) is 4.79 Å². The second-order valence-corrected chi connectivity index (χ2v) is 10.9. The lowest BCUT2D eigenvalue weighted by Crippen LogP contribution is -2.27. The Morgan fingerprint density at radius 2 is 1.54 bits per heavy atom. The van der Waals surface area contributed by atoms with Crippen LogP contribution < -0.4 is 10.1 Å². The highest BCUT2D eigenvalue weighted by Gasteiger charge is 2.18. The fourth-order valence-corrected chi connectivity index (χ4v) is 4.51.